The number of nitrogens with zero attached hydrogens (tertiary/aromatic N) is 2. The third kappa shape index (κ3) is 3.53. The average Bonchev–Trinajstić information content (AvgIpc) is 2.45. The topological polar surface area (TPSA) is 54.9 Å². The molecule has 0 spiro atoms. The van der Waals surface area contributed by atoms with E-state index in [1.54, 1.807) is 0 Å². The van der Waals surface area contributed by atoms with E-state index in [-0.39, 0.29) is 12.2 Å². The first-order valence-electron chi connectivity index (χ1n) is 5.68. The lowest BCUT2D eigenvalue weighted by Gasteiger charge is -2.08. The molecule has 2 heterocycles. The van der Waals surface area contributed by atoms with Crippen LogP contribution in [0.3, 0.4) is 0 Å². The van der Waals surface area contributed by atoms with Gasteiger partial charge in [0.15, 0.2) is 0 Å². The van der Waals surface area contributed by atoms with E-state index >= 15 is 0 Å². The molecule has 4 nitrogen and oxygen atoms in total. The average molecular weight is 281 g/mol. The van der Waals surface area contributed by atoms with Gasteiger partial charge in [0.25, 0.3) is 5.91 Å². The number of carbonyl (C=O) groups excluding carboxylic acids is 1. The maximum absolute atomic E-state index is 12.5. The summed E-state index contributed by atoms with van der Waals surface area (Å²) in [7, 11) is 0. The number of hydrogen-bond donors (Lipinski definition) is 1. The quantitative estimate of drug-likeness (QED) is 0.940. The van der Waals surface area contributed by atoms with Crippen LogP contribution < -0.4 is 5.32 Å². The zero-order valence-electron chi connectivity index (χ0n) is 10.2. The van der Waals surface area contributed by atoms with Gasteiger partial charge >= 0.3 is 6.18 Å². The predicted octanol–water partition coefficient (Wildman–Crippen LogP) is 2.43. The Bertz CT molecular complexity index is 599. The van der Waals surface area contributed by atoms with E-state index in [4.69, 9.17) is 0 Å². The molecule has 2 rings (SSSR count). The molecule has 1 N–H and O–H groups in total. The molecule has 0 aliphatic rings. The molecule has 0 aromatic carbocycles. The fraction of sp³-hybridized carbons (Fsp3) is 0.154. The Morgan fingerprint density at radius 3 is 2.50 bits per heavy atom. The maximum Gasteiger partial charge on any atom is 0.433 e. The summed E-state index contributed by atoms with van der Waals surface area (Å²) in [5.41, 5.74) is -0.456. The molecule has 0 saturated heterocycles. The van der Waals surface area contributed by atoms with Crippen molar-refractivity contribution in [2.45, 2.75) is 12.7 Å². The van der Waals surface area contributed by atoms with Crippen LogP contribution in [0.4, 0.5) is 13.2 Å². The largest absolute Gasteiger partial charge is 0.433 e. The van der Waals surface area contributed by atoms with Gasteiger partial charge in [-0.25, -0.2) is 4.98 Å². The number of rotatable bonds is 3. The summed E-state index contributed by atoms with van der Waals surface area (Å²) in [6, 6.07) is 6.57. The molecular weight excluding hydrogens is 271 g/mol. The number of halogens is 3. The van der Waals surface area contributed by atoms with Crippen LogP contribution in [0, 0.1) is 0 Å². The number of nitrogens with one attached hydrogen (secondary N) is 1. The normalized spacial score (nSPS) is 11.2. The van der Waals surface area contributed by atoms with Crippen molar-refractivity contribution in [3.05, 3.63) is 59.7 Å². The van der Waals surface area contributed by atoms with Crippen LogP contribution in [0.25, 0.3) is 0 Å². The van der Waals surface area contributed by atoms with Crippen LogP contribution in [0.1, 0.15) is 21.7 Å². The van der Waals surface area contributed by atoms with Gasteiger partial charge < -0.3 is 5.32 Å². The number of aromatic nitrogens is 2. The number of hydrogen-bond acceptors (Lipinski definition) is 3. The Kier molecular flexibility index (Phi) is 3.97. The summed E-state index contributed by atoms with van der Waals surface area (Å²) >= 11 is 0. The van der Waals surface area contributed by atoms with Crippen molar-refractivity contribution in [3.8, 4) is 0 Å². The molecule has 104 valence electrons. The van der Waals surface area contributed by atoms with Gasteiger partial charge in [-0.2, -0.15) is 13.2 Å². The second kappa shape index (κ2) is 5.68. The Morgan fingerprint density at radius 2 is 1.85 bits per heavy atom. The van der Waals surface area contributed by atoms with Crippen molar-refractivity contribution in [1.29, 1.82) is 0 Å². The van der Waals surface area contributed by atoms with E-state index < -0.39 is 17.8 Å². The van der Waals surface area contributed by atoms with Crippen molar-refractivity contribution >= 4 is 5.91 Å². The third-order valence-corrected chi connectivity index (χ3v) is 2.47. The Morgan fingerprint density at radius 1 is 1.15 bits per heavy atom. The molecule has 20 heavy (non-hydrogen) atoms. The smallest absolute Gasteiger partial charge is 0.346 e. The van der Waals surface area contributed by atoms with E-state index in [0.29, 0.717) is 5.56 Å². The predicted molar refractivity (Wildman–Crippen MR) is 64.6 cm³/mol. The zero-order chi connectivity index (χ0) is 14.6. The van der Waals surface area contributed by atoms with Crippen molar-refractivity contribution in [2.24, 2.45) is 0 Å². The van der Waals surface area contributed by atoms with Gasteiger partial charge in [-0.05, 0) is 24.3 Å². The summed E-state index contributed by atoms with van der Waals surface area (Å²) in [6.45, 7) is -0.0783. The van der Waals surface area contributed by atoms with Gasteiger partial charge in [0.2, 0.25) is 0 Å². The molecule has 2 aromatic heterocycles. The number of amides is 1. The Labute approximate surface area is 112 Å². The highest BCUT2D eigenvalue weighted by Crippen LogP contribution is 2.27. The van der Waals surface area contributed by atoms with Crippen molar-refractivity contribution in [1.82, 2.24) is 15.3 Å². The first-order valence-corrected chi connectivity index (χ1v) is 5.68. The van der Waals surface area contributed by atoms with Gasteiger partial charge in [0, 0.05) is 18.0 Å². The molecule has 7 heteroatoms. The summed E-state index contributed by atoms with van der Waals surface area (Å²) in [5, 5.41) is 2.50. The second-order valence-electron chi connectivity index (χ2n) is 3.93. The highest BCUT2D eigenvalue weighted by Gasteiger charge is 2.32. The van der Waals surface area contributed by atoms with Crippen molar-refractivity contribution in [3.63, 3.8) is 0 Å². The van der Waals surface area contributed by atoms with Gasteiger partial charge in [-0.3, -0.25) is 9.78 Å². The van der Waals surface area contributed by atoms with Crippen LogP contribution in [-0.2, 0) is 12.7 Å². The van der Waals surface area contributed by atoms with Gasteiger partial charge in [-0.1, -0.05) is 6.07 Å². The highest BCUT2D eigenvalue weighted by molar-refractivity contribution is 5.93. The van der Waals surface area contributed by atoms with Gasteiger partial charge in [-0.15, -0.1) is 0 Å². The van der Waals surface area contributed by atoms with Gasteiger partial charge in [0.05, 0.1) is 12.2 Å². The molecule has 0 unspecified atom stereocenters. The molecule has 0 aliphatic carbocycles. The number of carbonyl (C=O) groups is 1. The number of alkyl halides is 3. The molecule has 1 amide bonds. The molecule has 2 aromatic rings. The molecule has 0 bridgehead atoms. The summed E-state index contributed by atoms with van der Waals surface area (Å²) in [5.74, 6) is -0.397. The van der Waals surface area contributed by atoms with E-state index in [1.807, 2.05) is 0 Å². The fourth-order valence-corrected chi connectivity index (χ4v) is 1.51. The van der Waals surface area contributed by atoms with Crippen LogP contribution in [0.15, 0.2) is 42.7 Å². The lowest BCUT2D eigenvalue weighted by atomic mass is 10.2. The Hall–Kier alpha value is -2.44. The minimum absolute atomic E-state index is 0.0783. The summed E-state index contributed by atoms with van der Waals surface area (Å²) in [4.78, 5) is 18.9. The lowest BCUT2D eigenvalue weighted by Crippen LogP contribution is -2.23. The fourth-order valence-electron chi connectivity index (χ4n) is 1.51. The molecule has 0 fully saturated rings. The highest BCUT2D eigenvalue weighted by atomic mass is 19.4. The zero-order valence-corrected chi connectivity index (χ0v) is 10.2. The van der Waals surface area contributed by atoms with Crippen LogP contribution in [-0.4, -0.2) is 15.9 Å². The minimum atomic E-state index is -4.49. The minimum Gasteiger partial charge on any atom is -0.346 e. The van der Waals surface area contributed by atoms with Crippen LogP contribution >= 0.6 is 0 Å². The van der Waals surface area contributed by atoms with Crippen LogP contribution in [0.2, 0.25) is 0 Å². The molecule has 0 saturated carbocycles. The lowest BCUT2D eigenvalue weighted by molar-refractivity contribution is -0.141. The maximum atomic E-state index is 12.5. The number of pyridine rings is 2. The van der Waals surface area contributed by atoms with Gasteiger partial charge in [0.1, 0.15) is 5.69 Å². The third-order valence-electron chi connectivity index (χ3n) is 2.47. The SMILES string of the molecule is O=C(NCc1cccc(C(F)(F)F)n1)c1ccncc1. The summed E-state index contributed by atoms with van der Waals surface area (Å²) < 4.78 is 37.4. The van der Waals surface area contributed by atoms with E-state index in [9.17, 15) is 18.0 Å². The van der Waals surface area contributed by atoms with E-state index in [2.05, 4.69) is 15.3 Å². The van der Waals surface area contributed by atoms with Crippen molar-refractivity contribution < 1.29 is 18.0 Å². The summed E-state index contributed by atoms with van der Waals surface area (Å²) in [6.07, 6.45) is -1.58. The molecule has 0 aliphatic heterocycles. The Balaban J connectivity index is 2.03. The standard InChI is InChI=1S/C13H10F3N3O/c14-13(15,16)11-3-1-2-10(19-11)8-18-12(20)9-4-6-17-7-5-9/h1-7H,8H2,(H,18,20). The monoisotopic (exact) mass is 281 g/mol. The van der Waals surface area contributed by atoms with Crippen molar-refractivity contribution in [2.75, 3.05) is 0 Å². The second-order valence-corrected chi connectivity index (χ2v) is 3.93. The van der Waals surface area contributed by atoms with E-state index in [1.165, 1.54) is 36.7 Å². The molecule has 0 radical (unpaired) electrons. The first kappa shape index (κ1) is 14.0. The molecular formula is C13H10F3N3O. The van der Waals surface area contributed by atoms with E-state index in [0.717, 1.165) is 6.07 Å². The molecule has 0 atom stereocenters. The van der Waals surface area contributed by atoms with Crippen LogP contribution in [0.5, 0.6) is 0 Å². The first-order chi connectivity index (χ1) is 9.47.